The fourth-order valence-corrected chi connectivity index (χ4v) is 4.58. The van der Waals surface area contributed by atoms with Gasteiger partial charge in [-0.25, -0.2) is 18.2 Å². The number of aromatic nitrogens is 4. The van der Waals surface area contributed by atoms with Gasteiger partial charge in [-0.1, -0.05) is 0 Å². The Bertz CT molecular complexity index is 1280. The van der Waals surface area contributed by atoms with Gasteiger partial charge in [0, 0.05) is 30.8 Å². The van der Waals surface area contributed by atoms with Crippen molar-refractivity contribution < 1.29 is 18.0 Å². The van der Waals surface area contributed by atoms with Crippen molar-refractivity contribution in [3.05, 3.63) is 65.2 Å². The van der Waals surface area contributed by atoms with Crippen LogP contribution in [0.2, 0.25) is 0 Å². The van der Waals surface area contributed by atoms with Crippen molar-refractivity contribution in [3.63, 3.8) is 0 Å². The van der Waals surface area contributed by atoms with E-state index < -0.39 is 17.5 Å². The van der Waals surface area contributed by atoms with Crippen LogP contribution in [0.5, 0.6) is 0 Å². The van der Waals surface area contributed by atoms with Crippen molar-refractivity contribution in [3.8, 4) is 10.8 Å². The van der Waals surface area contributed by atoms with Gasteiger partial charge in [0.1, 0.15) is 17.5 Å². The summed E-state index contributed by atoms with van der Waals surface area (Å²) in [5.41, 5.74) is 0.613. The van der Waals surface area contributed by atoms with Crippen molar-refractivity contribution in [2.45, 2.75) is 19.5 Å². The van der Waals surface area contributed by atoms with Gasteiger partial charge < -0.3 is 9.47 Å². The molecule has 2 aromatic carbocycles. The molecule has 4 aromatic rings. The van der Waals surface area contributed by atoms with E-state index in [-0.39, 0.29) is 22.2 Å². The Morgan fingerprint density at radius 2 is 1.83 bits per heavy atom. The van der Waals surface area contributed by atoms with E-state index in [1.807, 2.05) is 11.5 Å². The second-order valence-electron chi connectivity index (χ2n) is 6.97. The molecule has 0 spiro atoms. The zero-order valence-corrected chi connectivity index (χ0v) is 16.5. The van der Waals surface area contributed by atoms with Crippen molar-refractivity contribution in [1.29, 1.82) is 0 Å². The monoisotopic (exact) mass is 429 g/mol. The predicted octanol–water partition coefficient (Wildman–Crippen LogP) is 4.19. The Hall–Kier alpha value is -3.27. The Morgan fingerprint density at radius 1 is 1.07 bits per heavy atom. The molecule has 1 aliphatic heterocycles. The summed E-state index contributed by atoms with van der Waals surface area (Å²) in [6.45, 7) is 2.64. The van der Waals surface area contributed by atoms with Crippen molar-refractivity contribution >= 4 is 27.5 Å². The van der Waals surface area contributed by atoms with Crippen LogP contribution in [-0.2, 0) is 6.54 Å². The van der Waals surface area contributed by atoms with Crippen LogP contribution in [0, 0.1) is 17.5 Å². The number of rotatable bonds is 2. The maximum atomic E-state index is 14.0. The quantitative estimate of drug-likeness (QED) is 0.479. The van der Waals surface area contributed by atoms with Gasteiger partial charge in [-0.3, -0.25) is 4.79 Å². The molecule has 3 heterocycles. The Morgan fingerprint density at radius 3 is 2.60 bits per heavy atom. The number of amides is 1. The van der Waals surface area contributed by atoms with E-state index in [1.54, 1.807) is 4.90 Å². The molecule has 0 radical (unpaired) electrons. The molecule has 2 aromatic heterocycles. The molecule has 5 rings (SSSR count). The summed E-state index contributed by atoms with van der Waals surface area (Å²) in [7, 11) is 0. The molecule has 1 amide bonds. The topological polar surface area (TPSA) is 63.9 Å². The maximum Gasteiger partial charge on any atom is 0.254 e. The van der Waals surface area contributed by atoms with Crippen LogP contribution < -0.4 is 0 Å². The summed E-state index contributed by atoms with van der Waals surface area (Å²) in [6, 6.07) is 7.02. The molecule has 30 heavy (non-hydrogen) atoms. The van der Waals surface area contributed by atoms with Crippen LogP contribution in [0.4, 0.5) is 13.2 Å². The van der Waals surface area contributed by atoms with Gasteiger partial charge in [-0.05, 0) is 31.2 Å². The molecular weight excluding hydrogens is 415 g/mol. The van der Waals surface area contributed by atoms with Crippen molar-refractivity contribution in [2.75, 3.05) is 6.54 Å². The molecule has 0 saturated carbocycles. The number of halogens is 3. The van der Waals surface area contributed by atoms with E-state index in [0.717, 1.165) is 17.4 Å². The van der Waals surface area contributed by atoms with E-state index in [4.69, 9.17) is 0 Å². The molecule has 0 unspecified atom stereocenters. The van der Waals surface area contributed by atoms with Crippen LogP contribution >= 0.6 is 11.3 Å². The molecule has 6 nitrogen and oxygen atoms in total. The highest BCUT2D eigenvalue weighted by Gasteiger charge is 2.32. The predicted molar refractivity (Wildman–Crippen MR) is 104 cm³/mol. The second kappa shape index (κ2) is 6.91. The minimum atomic E-state index is -0.691. The van der Waals surface area contributed by atoms with E-state index in [0.29, 0.717) is 35.3 Å². The lowest BCUT2D eigenvalue weighted by atomic mass is 10.1. The molecule has 0 saturated heterocycles. The summed E-state index contributed by atoms with van der Waals surface area (Å²) in [6.07, 6.45) is 0. The van der Waals surface area contributed by atoms with Gasteiger partial charge >= 0.3 is 0 Å². The largest absolute Gasteiger partial charge is 0.327 e. The average Bonchev–Trinajstić information content (AvgIpc) is 3.33. The molecule has 152 valence electrons. The van der Waals surface area contributed by atoms with Crippen molar-refractivity contribution in [1.82, 2.24) is 24.6 Å². The number of fused-ring (bicyclic) bond motifs is 2. The number of nitrogens with zero attached hydrogens (tertiary/aromatic N) is 5. The SMILES string of the molecule is C[C@@H]1c2nnc(-c3nc4cc(F)cc(F)c4s3)n2CCN1C(=O)c1ccc(F)cc1. The van der Waals surface area contributed by atoms with Crippen LogP contribution in [0.15, 0.2) is 36.4 Å². The lowest BCUT2D eigenvalue weighted by Gasteiger charge is -2.33. The van der Waals surface area contributed by atoms with Gasteiger partial charge in [0.05, 0.1) is 16.3 Å². The fraction of sp³-hybridized carbons (Fsp3) is 0.200. The zero-order valence-electron chi connectivity index (χ0n) is 15.6. The van der Waals surface area contributed by atoms with Crippen LogP contribution in [0.25, 0.3) is 21.0 Å². The summed E-state index contributed by atoms with van der Waals surface area (Å²) >= 11 is 1.08. The first-order chi connectivity index (χ1) is 14.4. The lowest BCUT2D eigenvalue weighted by molar-refractivity contribution is 0.0638. The number of hydrogen-bond acceptors (Lipinski definition) is 5. The highest BCUT2D eigenvalue weighted by atomic mass is 32.1. The van der Waals surface area contributed by atoms with Gasteiger partial charge in [0.2, 0.25) is 0 Å². The fourth-order valence-electron chi connectivity index (χ4n) is 3.63. The molecule has 0 N–H and O–H groups in total. The van der Waals surface area contributed by atoms with E-state index in [2.05, 4.69) is 15.2 Å². The summed E-state index contributed by atoms with van der Waals surface area (Å²) in [5, 5.41) is 8.85. The molecule has 10 heteroatoms. The Labute approximate surface area is 172 Å². The lowest BCUT2D eigenvalue weighted by Crippen LogP contribution is -2.41. The van der Waals surface area contributed by atoms with Crippen LogP contribution in [0.1, 0.15) is 29.1 Å². The zero-order chi connectivity index (χ0) is 21.0. The van der Waals surface area contributed by atoms with E-state index in [1.165, 1.54) is 30.3 Å². The van der Waals surface area contributed by atoms with Gasteiger partial charge in [-0.15, -0.1) is 21.5 Å². The number of carbonyl (C=O) groups excluding carboxylic acids is 1. The third kappa shape index (κ3) is 2.95. The third-order valence-electron chi connectivity index (χ3n) is 5.14. The molecule has 1 atom stereocenters. The van der Waals surface area contributed by atoms with E-state index in [9.17, 15) is 18.0 Å². The average molecular weight is 429 g/mol. The normalized spacial score (nSPS) is 16.1. The van der Waals surface area contributed by atoms with Gasteiger partial charge in [0.15, 0.2) is 16.7 Å². The van der Waals surface area contributed by atoms with Crippen LogP contribution in [-0.4, -0.2) is 37.1 Å². The number of thiazole rings is 1. The second-order valence-corrected chi connectivity index (χ2v) is 7.97. The first-order valence-electron chi connectivity index (χ1n) is 9.18. The molecule has 0 aliphatic carbocycles. The number of benzene rings is 2. The summed E-state index contributed by atoms with van der Waals surface area (Å²) in [4.78, 5) is 18.8. The van der Waals surface area contributed by atoms with Gasteiger partial charge in [0.25, 0.3) is 5.91 Å². The molecule has 1 aliphatic rings. The third-order valence-corrected chi connectivity index (χ3v) is 6.21. The standard InChI is InChI=1S/C20H14F3N5OS/c1-10-17-25-26-18(19-24-15-9-13(22)8-14(23)16(15)30-19)28(17)7-6-27(10)20(29)11-2-4-12(21)5-3-11/h2-5,8-10H,6-7H2,1H3/t10-/m1/s1. The van der Waals surface area contributed by atoms with Gasteiger partial charge in [-0.2, -0.15) is 0 Å². The minimum absolute atomic E-state index is 0.224. The maximum absolute atomic E-state index is 14.0. The first kappa shape index (κ1) is 18.7. The highest BCUT2D eigenvalue weighted by molar-refractivity contribution is 7.21. The smallest absolute Gasteiger partial charge is 0.254 e. The molecular formula is C20H14F3N5OS. The summed E-state index contributed by atoms with van der Waals surface area (Å²) < 4.78 is 42.8. The van der Waals surface area contributed by atoms with Crippen molar-refractivity contribution in [2.24, 2.45) is 0 Å². The highest BCUT2D eigenvalue weighted by Crippen LogP contribution is 2.34. The number of hydrogen-bond donors (Lipinski definition) is 0. The molecule has 0 bridgehead atoms. The molecule has 0 fully saturated rings. The Balaban J connectivity index is 1.49. The number of carbonyl (C=O) groups is 1. The van der Waals surface area contributed by atoms with E-state index >= 15 is 0 Å². The summed E-state index contributed by atoms with van der Waals surface area (Å²) in [5.74, 6) is -0.977. The first-order valence-corrected chi connectivity index (χ1v) is 9.99. The van der Waals surface area contributed by atoms with Crippen LogP contribution in [0.3, 0.4) is 0 Å². The Kier molecular flexibility index (Phi) is 4.31. The minimum Gasteiger partial charge on any atom is -0.327 e.